The van der Waals surface area contributed by atoms with Crippen LogP contribution in [0.5, 0.6) is 5.75 Å². The second kappa shape index (κ2) is 5.61. The van der Waals surface area contributed by atoms with Crippen LogP contribution in [-0.4, -0.2) is 17.5 Å². The van der Waals surface area contributed by atoms with Gasteiger partial charge in [-0.15, -0.1) is 11.3 Å². The molecule has 3 rings (SSSR count). The number of amides is 1. The van der Waals surface area contributed by atoms with E-state index in [4.69, 9.17) is 10.5 Å². The number of ether oxygens (including phenoxy) is 1. The zero-order valence-corrected chi connectivity index (χ0v) is 12.4. The second-order valence-electron chi connectivity index (χ2n) is 4.75. The number of benzene rings is 1. The van der Waals surface area contributed by atoms with Gasteiger partial charge in [-0.3, -0.25) is 4.79 Å². The number of nitrogen functional groups attached to an aromatic ring is 1. The van der Waals surface area contributed by atoms with Crippen molar-refractivity contribution in [2.24, 2.45) is 0 Å². The summed E-state index contributed by atoms with van der Waals surface area (Å²) in [4.78, 5) is 15.7. The number of rotatable bonds is 4. The van der Waals surface area contributed by atoms with E-state index in [1.54, 1.807) is 29.7 Å². The van der Waals surface area contributed by atoms with Gasteiger partial charge in [0.2, 0.25) is 0 Å². The van der Waals surface area contributed by atoms with Crippen LogP contribution in [0.15, 0.2) is 23.7 Å². The molecule has 0 saturated heterocycles. The molecule has 1 aliphatic heterocycles. The minimum atomic E-state index is -0.162. The van der Waals surface area contributed by atoms with Gasteiger partial charge in [-0.2, -0.15) is 0 Å². The predicted octanol–water partition coefficient (Wildman–Crippen LogP) is 2.62. The van der Waals surface area contributed by atoms with Gasteiger partial charge in [0, 0.05) is 17.6 Å². The summed E-state index contributed by atoms with van der Waals surface area (Å²) in [5, 5.41) is 9.12. The van der Waals surface area contributed by atoms with Gasteiger partial charge >= 0.3 is 0 Å². The highest BCUT2D eigenvalue weighted by atomic mass is 32.1. The third kappa shape index (κ3) is 2.78. The maximum Gasteiger partial charge on any atom is 0.262 e. The van der Waals surface area contributed by atoms with Crippen molar-refractivity contribution < 1.29 is 9.53 Å². The lowest BCUT2D eigenvalue weighted by atomic mass is 10.1. The Morgan fingerprint density at radius 1 is 1.57 bits per heavy atom. The van der Waals surface area contributed by atoms with Crippen molar-refractivity contribution in [2.75, 3.05) is 23.0 Å². The van der Waals surface area contributed by atoms with Crippen LogP contribution >= 0.6 is 11.3 Å². The molecule has 2 aromatic rings. The van der Waals surface area contributed by atoms with E-state index in [9.17, 15) is 4.79 Å². The molecule has 0 bridgehead atoms. The molecule has 1 aromatic heterocycles. The molecule has 7 heteroatoms. The van der Waals surface area contributed by atoms with Gasteiger partial charge in [-0.25, -0.2) is 4.98 Å². The van der Waals surface area contributed by atoms with Gasteiger partial charge in [0.15, 0.2) is 6.61 Å². The maximum atomic E-state index is 11.4. The van der Waals surface area contributed by atoms with Crippen molar-refractivity contribution in [1.29, 1.82) is 0 Å². The first-order valence-corrected chi connectivity index (χ1v) is 7.57. The molecule has 6 nitrogen and oxygen atoms in total. The molecule has 0 saturated carbocycles. The average Bonchev–Trinajstić information content (AvgIpc) is 2.99. The summed E-state index contributed by atoms with van der Waals surface area (Å²) in [6, 6.07) is 3.62. The van der Waals surface area contributed by atoms with Crippen LogP contribution in [0.1, 0.15) is 24.4 Å². The summed E-state index contributed by atoms with van der Waals surface area (Å²) in [6.07, 6.45) is 2.67. The minimum absolute atomic E-state index is 0.0237. The van der Waals surface area contributed by atoms with Gasteiger partial charge in [-0.05, 0) is 12.5 Å². The lowest BCUT2D eigenvalue weighted by Gasteiger charge is -2.22. The fourth-order valence-corrected chi connectivity index (χ4v) is 2.97. The molecule has 0 fully saturated rings. The highest BCUT2D eigenvalue weighted by molar-refractivity contribution is 7.09. The van der Waals surface area contributed by atoms with E-state index in [-0.39, 0.29) is 18.6 Å². The third-order valence-electron chi connectivity index (χ3n) is 3.27. The smallest absolute Gasteiger partial charge is 0.262 e. The molecule has 1 aliphatic rings. The van der Waals surface area contributed by atoms with Crippen LogP contribution in [-0.2, 0) is 4.79 Å². The highest BCUT2D eigenvalue weighted by Crippen LogP contribution is 2.37. The van der Waals surface area contributed by atoms with Gasteiger partial charge in [0.05, 0.1) is 23.1 Å². The lowest BCUT2D eigenvalue weighted by Crippen LogP contribution is -2.25. The van der Waals surface area contributed by atoms with Gasteiger partial charge in [-0.1, -0.05) is 6.92 Å². The monoisotopic (exact) mass is 304 g/mol. The number of carbonyl (C=O) groups is 1. The Labute approximate surface area is 126 Å². The van der Waals surface area contributed by atoms with E-state index in [0.717, 1.165) is 17.1 Å². The third-order valence-corrected chi connectivity index (χ3v) is 4.16. The van der Waals surface area contributed by atoms with E-state index in [1.807, 2.05) is 5.38 Å². The second-order valence-corrected chi connectivity index (χ2v) is 5.67. The van der Waals surface area contributed by atoms with Crippen molar-refractivity contribution in [1.82, 2.24) is 4.98 Å². The lowest BCUT2D eigenvalue weighted by molar-refractivity contribution is -0.118. The number of carbonyl (C=O) groups excluding carboxylic acids is 1. The Kier molecular flexibility index (Phi) is 3.66. The van der Waals surface area contributed by atoms with Gasteiger partial charge < -0.3 is 21.1 Å². The fourth-order valence-electron chi connectivity index (χ4n) is 2.20. The summed E-state index contributed by atoms with van der Waals surface area (Å²) in [5.41, 5.74) is 8.05. The number of hydrogen-bond donors (Lipinski definition) is 3. The molecule has 0 spiro atoms. The van der Waals surface area contributed by atoms with Crippen LogP contribution < -0.4 is 21.1 Å². The number of anilines is 3. The van der Waals surface area contributed by atoms with Crippen molar-refractivity contribution >= 4 is 34.3 Å². The van der Waals surface area contributed by atoms with Crippen molar-refractivity contribution in [2.45, 2.75) is 19.4 Å². The van der Waals surface area contributed by atoms with Crippen LogP contribution in [0.2, 0.25) is 0 Å². The number of nitrogens with one attached hydrogen (secondary N) is 2. The summed E-state index contributed by atoms with van der Waals surface area (Å²) in [7, 11) is 0. The van der Waals surface area contributed by atoms with Crippen LogP contribution in [0.3, 0.4) is 0 Å². The molecule has 1 atom stereocenters. The summed E-state index contributed by atoms with van der Waals surface area (Å²) < 4.78 is 5.34. The van der Waals surface area contributed by atoms with Crippen LogP contribution in [0.4, 0.5) is 17.1 Å². The normalized spacial score (nSPS) is 14.8. The molecule has 1 unspecified atom stereocenters. The molecule has 110 valence electrons. The van der Waals surface area contributed by atoms with Crippen LogP contribution in [0.25, 0.3) is 0 Å². The molecule has 4 N–H and O–H groups in total. The maximum absolute atomic E-state index is 11.4. The average molecular weight is 304 g/mol. The van der Waals surface area contributed by atoms with Crippen molar-refractivity contribution in [3.63, 3.8) is 0 Å². The Morgan fingerprint density at radius 2 is 2.43 bits per heavy atom. The quantitative estimate of drug-likeness (QED) is 0.756. The first kappa shape index (κ1) is 13.7. The number of fused-ring (bicyclic) bond motifs is 1. The Morgan fingerprint density at radius 3 is 3.14 bits per heavy atom. The Balaban J connectivity index is 1.88. The van der Waals surface area contributed by atoms with E-state index in [1.165, 1.54) is 0 Å². The first-order valence-electron chi connectivity index (χ1n) is 6.69. The van der Waals surface area contributed by atoms with Gasteiger partial charge in [0.25, 0.3) is 5.91 Å². The number of hydrogen-bond acceptors (Lipinski definition) is 6. The molecule has 1 amide bonds. The molecule has 1 aromatic carbocycles. The molecular formula is C14H16N4O2S. The fraction of sp³-hybridized carbons (Fsp3) is 0.286. The SMILES string of the molecule is CCC(Nc1cc2c(cc1N)OCC(=O)N2)c1nccs1. The van der Waals surface area contributed by atoms with Crippen molar-refractivity contribution in [3.8, 4) is 5.75 Å². The van der Waals surface area contributed by atoms with E-state index < -0.39 is 0 Å². The first-order chi connectivity index (χ1) is 10.2. The number of nitrogens with two attached hydrogens (primary N) is 1. The molecular weight excluding hydrogens is 288 g/mol. The zero-order chi connectivity index (χ0) is 14.8. The summed E-state index contributed by atoms with van der Waals surface area (Å²) >= 11 is 1.60. The highest BCUT2D eigenvalue weighted by Gasteiger charge is 2.19. The number of aromatic nitrogens is 1. The molecule has 0 radical (unpaired) electrons. The minimum Gasteiger partial charge on any atom is -0.482 e. The molecule has 21 heavy (non-hydrogen) atoms. The summed E-state index contributed by atoms with van der Waals surface area (Å²) in [5.74, 6) is 0.435. The topological polar surface area (TPSA) is 89.3 Å². The van der Waals surface area contributed by atoms with E-state index >= 15 is 0 Å². The Bertz CT molecular complexity index is 657. The van der Waals surface area contributed by atoms with Crippen molar-refractivity contribution in [3.05, 3.63) is 28.7 Å². The predicted molar refractivity (Wildman–Crippen MR) is 83.7 cm³/mol. The van der Waals surface area contributed by atoms with Gasteiger partial charge in [0.1, 0.15) is 10.8 Å². The Hall–Kier alpha value is -2.28. The van der Waals surface area contributed by atoms with E-state index in [2.05, 4.69) is 22.5 Å². The summed E-state index contributed by atoms with van der Waals surface area (Å²) in [6.45, 7) is 2.11. The standard InChI is InChI=1S/C14H16N4O2S/c1-2-9(14-16-3-4-21-14)17-10-6-11-12(5-8(10)15)20-7-13(19)18-11/h3-6,9,17H,2,7,15H2,1H3,(H,18,19). The molecule has 0 aliphatic carbocycles. The number of thiazole rings is 1. The zero-order valence-electron chi connectivity index (χ0n) is 11.6. The van der Waals surface area contributed by atoms with Crippen LogP contribution in [0, 0.1) is 0 Å². The number of nitrogens with zero attached hydrogens (tertiary/aromatic N) is 1. The largest absolute Gasteiger partial charge is 0.482 e. The van der Waals surface area contributed by atoms with E-state index in [0.29, 0.717) is 17.1 Å². The molecule has 2 heterocycles.